The van der Waals surface area contributed by atoms with Crippen LogP contribution >= 0.6 is 0 Å². The lowest BCUT2D eigenvalue weighted by molar-refractivity contribution is 0.102. The van der Waals surface area contributed by atoms with Crippen LogP contribution in [-0.4, -0.2) is 25.7 Å². The van der Waals surface area contributed by atoms with Crippen molar-refractivity contribution in [2.75, 3.05) is 5.32 Å². The Morgan fingerprint density at radius 2 is 1.83 bits per heavy atom. The molecule has 4 aromatic rings. The number of nitrogens with one attached hydrogen (secondary N) is 2. The summed E-state index contributed by atoms with van der Waals surface area (Å²) in [5.74, 6) is 0.0394. The average Bonchev–Trinajstić information content (AvgIpc) is 3.07. The molecule has 7 nitrogen and oxygen atoms in total. The summed E-state index contributed by atoms with van der Waals surface area (Å²) in [5.41, 5.74) is 2.90. The highest BCUT2D eigenvalue weighted by Gasteiger charge is 2.15. The van der Waals surface area contributed by atoms with Gasteiger partial charge in [0.2, 0.25) is 0 Å². The van der Waals surface area contributed by atoms with Crippen LogP contribution in [-0.2, 0) is 6.54 Å². The molecule has 0 atom stereocenters. The maximum absolute atomic E-state index is 12.7. The Morgan fingerprint density at radius 3 is 2.55 bits per heavy atom. The minimum absolute atomic E-state index is 0.0407. The van der Waals surface area contributed by atoms with Crippen LogP contribution in [0.25, 0.3) is 11.3 Å². The lowest BCUT2D eigenvalue weighted by Crippen LogP contribution is -2.24. The summed E-state index contributed by atoms with van der Waals surface area (Å²) in [7, 11) is 0. The molecule has 4 rings (SSSR count). The Kier molecular flexibility index (Phi) is 5.03. The molecule has 0 saturated carbocycles. The molecule has 0 aliphatic heterocycles. The van der Waals surface area contributed by atoms with Gasteiger partial charge < -0.3 is 10.3 Å². The molecule has 0 unspecified atom stereocenters. The lowest BCUT2D eigenvalue weighted by Gasteiger charge is -2.09. The Labute approximate surface area is 167 Å². The zero-order chi connectivity index (χ0) is 20.2. The van der Waals surface area contributed by atoms with Crippen LogP contribution in [0.5, 0.6) is 0 Å². The first-order chi connectivity index (χ1) is 14.1. The number of carbonyl (C=O) groups excluding carboxylic acids is 1. The number of amides is 1. The van der Waals surface area contributed by atoms with Crippen LogP contribution in [0.3, 0.4) is 0 Å². The zero-order valence-corrected chi connectivity index (χ0v) is 15.8. The van der Waals surface area contributed by atoms with Crippen LogP contribution in [0.1, 0.15) is 21.6 Å². The molecule has 1 aromatic carbocycles. The first-order valence-corrected chi connectivity index (χ1v) is 9.13. The number of hydrogen-bond donors (Lipinski definition) is 2. The van der Waals surface area contributed by atoms with Crippen molar-refractivity contribution in [3.05, 3.63) is 100 Å². The molecule has 3 heterocycles. The summed E-state index contributed by atoms with van der Waals surface area (Å²) in [5, 5.41) is 7.22. The summed E-state index contributed by atoms with van der Waals surface area (Å²) in [6.07, 6.45) is 3.41. The monoisotopic (exact) mass is 385 g/mol. The molecule has 29 heavy (non-hydrogen) atoms. The predicted molar refractivity (Wildman–Crippen MR) is 111 cm³/mol. The first kappa shape index (κ1) is 18.4. The lowest BCUT2D eigenvalue weighted by atomic mass is 10.1. The van der Waals surface area contributed by atoms with Gasteiger partial charge in [0.25, 0.3) is 11.5 Å². The molecule has 0 saturated heterocycles. The maximum atomic E-state index is 12.7. The van der Waals surface area contributed by atoms with E-state index in [0.29, 0.717) is 18.1 Å². The fourth-order valence-electron chi connectivity index (χ4n) is 3.05. The largest absolute Gasteiger partial charge is 0.321 e. The van der Waals surface area contributed by atoms with E-state index in [2.05, 4.69) is 20.4 Å². The van der Waals surface area contributed by atoms with Crippen molar-refractivity contribution in [1.29, 1.82) is 0 Å². The van der Waals surface area contributed by atoms with Gasteiger partial charge in [-0.2, -0.15) is 5.10 Å². The predicted octanol–water partition coefficient (Wildman–Crippen LogP) is 3.24. The minimum Gasteiger partial charge on any atom is -0.321 e. The molecule has 1 amide bonds. The number of hydrogen-bond acceptors (Lipinski definition) is 4. The van der Waals surface area contributed by atoms with Crippen LogP contribution in [0.2, 0.25) is 0 Å². The van der Waals surface area contributed by atoms with Gasteiger partial charge in [0.1, 0.15) is 11.4 Å². The number of aromatic amines is 1. The van der Waals surface area contributed by atoms with Gasteiger partial charge in [-0.25, -0.2) is 4.68 Å². The van der Waals surface area contributed by atoms with Crippen molar-refractivity contribution >= 4 is 11.7 Å². The van der Waals surface area contributed by atoms with Crippen LogP contribution in [0, 0.1) is 6.92 Å². The molecule has 0 aliphatic carbocycles. The number of carbonyl (C=O) groups is 1. The number of aryl methyl sites for hydroxylation is 1. The standard InChI is InChI=1S/C22H19N5O2/c1-15-13-20(27(26-15)14-16-9-11-23-12-10-16)25-22(29)18-7-8-19(24-21(18)28)17-5-3-2-4-6-17/h2-13H,14H2,1H3,(H,24,28)(H,25,29). The number of nitrogens with zero attached hydrogens (tertiary/aromatic N) is 3. The van der Waals surface area contributed by atoms with E-state index in [1.165, 1.54) is 6.07 Å². The SMILES string of the molecule is Cc1cc(NC(=O)c2ccc(-c3ccccc3)[nH]c2=O)n(Cc2ccncc2)n1. The smallest absolute Gasteiger partial charge is 0.262 e. The van der Waals surface area contributed by atoms with E-state index < -0.39 is 11.5 Å². The van der Waals surface area contributed by atoms with Gasteiger partial charge in [-0.1, -0.05) is 30.3 Å². The first-order valence-electron chi connectivity index (χ1n) is 9.13. The molecule has 0 aliphatic rings. The number of benzene rings is 1. The minimum atomic E-state index is -0.484. The second-order valence-corrected chi connectivity index (χ2v) is 6.62. The fourth-order valence-corrected chi connectivity index (χ4v) is 3.05. The maximum Gasteiger partial charge on any atom is 0.262 e. The van der Waals surface area contributed by atoms with Gasteiger partial charge in [0.05, 0.1) is 12.2 Å². The highest BCUT2D eigenvalue weighted by atomic mass is 16.2. The molecule has 2 N–H and O–H groups in total. The Bertz CT molecular complexity index is 1200. The molecule has 0 radical (unpaired) electrons. The van der Waals surface area contributed by atoms with Crippen molar-refractivity contribution in [3.8, 4) is 11.3 Å². The molecular weight excluding hydrogens is 366 g/mol. The van der Waals surface area contributed by atoms with E-state index >= 15 is 0 Å². The highest BCUT2D eigenvalue weighted by Crippen LogP contribution is 2.16. The highest BCUT2D eigenvalue weighted by molar-refractivity contribution is 6.03. The topological polar surface area (TPSA) is 92.7 Å². The second-order valence-electron chi connectivity index (χ2n) is 6.62. The third-order valence-electron chi connectivity index (χ3n) is 4.46. The van der Waals surface area contributed by atoms with Gasteiger partial charge in [0, 0.05) is 24.2 Å². The Morgan fingerprint density at radius 1 is 1.07 bits per heavy atom. The molecule has 3 aromatic heterocycles. The van der Waals surface area contributed by atoms with E-state index in [1.807, 2.05) is 49.4 Å². The fraction of sp³-hybridized carbons (Fsp3) is 0.0909. The number of anilines is 1. The van der Waals surface area contributed by atoms with E-state index in [1.54, 1.807) is 29.2 Å². The van der Waals surface area contributed by atoms with Crippen molar-refractivity contribution in [2.24, 2.45) is 0 Å². The normalized spacial score (nSPS) is 10.7. The number of H-pyrrole nitrogens is 1. The molecule has 144 valence electrons. The third kappa shape index (κ3) is 4.14. The Balaban J connectivity index is 1.57. The van der Waals surface area contributed by atoms with E-state index in [4.69, 9.17) is 0 Å². The molecule has 0 bridgehead atoms. The number of rotatable bonds is 5. The molecule has 0 fully saturated rings. The number of pyridine rings is 2. The average molecular weight is 385 g/mol. The summed E-state index contributed by atoms with van der Waals surface area (Å²) in [4.78, 5) is 32.0. The van der Waals surface area contributed by atoms with E-state index in [0.717, 1.165) is 16.8 Å². The molecule has 0 spiro atoms. The molecular formula is C22H19N5O2. The van der Waals surface area contributed by atoms with Crippen LogP contribution in [0.4, 0.5) is 5.82 Å². The Hall–Kier alpha value is -4.00. The summed E-state index contributed by atoms with van der Waals surface area (Å²) in [6.45, 7) is 2.33. The zero-order valence-electron chi connectivity index (χ0n) is 15.8. The quantitative estimate of drug-likeness (QED) is 0.552. The summed E-state index contributed by atoms with van der Waals surface area (Å²) >= 11 is 0. The van der Waals surface area contributed by atoms with Crippen LogP contribution in [0.15, 0.2) is 77.9 Å². The summed E-state index contributed by atoms with van der Waals surface area (Å²) in [6, 6.07) is 18.3. The van der Waals surface area contributed by atoms with Gasteiger partial charge in [-0.15, -0.1) is 0 Å². The molecule has 7 heteroatoms. The van der Waals surface area contributed by atoms with Crippen molar-refractivity contribution in [3.63, 3.8) is 0 Å². The van der Waals surface area contributed by atoms with E-state index in [9.17, 15) is 9.59 Å². The van der Waals surface area contributed by atoms with Gasteiger partial charge >= 0.3 is 0 Å². The third-order valence-corrected chi connectivity index (χ3v) is 4.46. The number of aromatic nitrogens is 4. The van der Waals surface area contributed by atoms with Crippen molar-refractivity contribution < 1.29 is 4.79 Å². The van der Waals surface area contributed by atoms with Crippen molar-refractivity contribution in [2.45, 2.75) is 13.5 Å². The van der Waals surface area contributed by atoms with Gasteiger partial charge in [-0.3, -0.25) is 14.6 Å². The second kappa shape index (κ2) is 7.93. The van der Waals surface area contributed by atoms with Gasteiger partial charge in [0.15, 0.2) is 0 Å². The van der Waals surface area contributed by atoms with Crippen LogP contribution < -0.4 is 10.9 Å². The summed E-state index contributed by atoms with van der Waals surface area (Å²) < 4.78 is 1.69. The van der Waals surface area contributed by atoms with E-state index in [-0.39, 0.29) is 5.56 Å². The van der Waals surface area contributed by atoms with Gasteiger partial charge in [-0.05, 0) is 42.3 Å². The van der Waals surface area contributed by atoms with Crippen molar-refractivity contribution in [1.82, 2.24) is 19.7 Å².